The van der Waals surface area contributed by atoms with Crippen LogP contribution in [0.15, 0.2) is 66.7 Å². The Hall–Kier alpha value is -3.68. The number of hydrogen-bond donors (Lipinski definition) is 2. The number of anilines is 1. The molecule has 3 aromatic rings. The Labute approximate surface area is 195 Å². The molecule has 2 N–H and O–H groups in total. The Morgan fingerprint density at radius 3 is 2.61 bits per heavy atom. The lowest BCUT2D eigenvalue weighted by Gasteiger charge is -2.13. The fourth-order valence-corrected chi connectivity index (χ4v) is 3.67. The lowest BCUT2D eigenvalue weighted by molar-refractivity contribution is -0.142. The fraction of sp³-hybridized carbons (Fsp3) is 0.120. The highest BCUT2D eigenvalue weighted by Gasteiger charge is 2.23. The number of esters is 1. The Bertz CT molecular complexity index is 1230. The van der Waals surface area contributed by atoms with E-state index >= 15 is 0 Å². The standard InChI is InChI=1S/C25H20ClFN2O4/c1-32-25(31)22(29-26)14-15-6-9-17(10-7-15)33-23-11-8-16(13-20(23)27)12-19-18-4-2-3-5-21(18)28-24(19)30/h2-13,22,29H,14H2,1H3,(H,28,30)/b19-12+/t22-/m0/s1. The molecule has 0 unspecified atom stereocenters. The lowest BCUT2D eigenvalue weighted by atomic mass is 10.0. The maximum absolute atomic E-state index is 14.7. The van der Waals surface area contributed by atoms with Gasteiger partial charge < -0.3 is 14.8 Å². The van der Waals surface area contributed by atoms with Gasteiger partial charge in [0.2, 0.25) is 0 Å². The van der Waals surface area contributed by atoms with Gasteiger partial charge in [-0.05, 0) is 65.7 Å². The molecule has 0 saturated carbocycles. The molecule has 1 atom stereocenters. The van der Waals surface area contributed by atoms with Crippen LogP contribution in [0.5, 0.6) is 11.5 Å². The first kappa shape index (κ1) is 22.5. The minimum atomic E-state index is -0.684. The van der Waals surface area contributed by atoms with Crippen molar-refractivity contribution < 1.29 is 23.5 Å². The van der Waals surface area contributed by atoms with Crippen molar-refractivity contribution in [3.63, 3.8) is 0 Å². The SMILES string of the molecule is COC(=O)[C@H](Cc1ccc(Oc2ccc(/C=C3/C(=O)Nc4ccccc43)cc2F)cc1)NCl. The maximum atomic E-state index is 14.7. The quantitative estimate of drug-likeness (QED) is 0.293. The number of amides is 1. The second kappa shape index (κ2) is 9.85. The summed E-state index contributed by atoms with van der Waals surface area (Å²) in [6.45, 7) is 0. The molecule has 4 rings (SSSR count). The van der Waals surface area contributed by atoms with Crippen LogP contribution in [-0.4, -0.2) is 25.0 Å². The predicted octanol–water partition coefficient (Wildman–Crippen LogP) is 4.94. The summed E-state index contributed by atoms with van der Waals surface area (Å²) >= 11 is 5.60. The number of methoxy groups -OCH3 is 1. The van der Waals surface area contributed by atoms with Gasteiger partial charge in [-0.2, -0.15) is 0 Å². The Kier molecular flexibility index (Phi) is 6.72. The summed E-state index contributed by atoms with van der Waals surface area (Å²) < 4.78 is 25.0. The van der Waals surface area contributed by atoms with Crippen molar-refractivity contribution in [3.8, 4) is 11.5 Å². The van der Waals surface area contributed by atoms with Crippen LogP contribution in [0.2, 0.25) is 0 Å². The van der Waals surface area contributed by atoms with E-state index in [1.807, 2.05) is 24.3 Å². The first-order valence-electron chi connectivity index (χ1n) is 10.1. The van der Waals surface area contributed by atoms with Crippen molar-refractivity contribution in [1.29, 1.82) is 0 Å². The first-order chi connectivity index (χ1) is 16.0. The second-order valence-electron chi connectivity index (χ2n) is 7.38. The van der Waals surface area contributed by atoms with E-state index in [0.29, 0.717) is 23.3 Å². The molecule has 3 aromatic carbocycles. The van der Waals surface area contributed by atoms with Crippen molar-refractivity contribution in [3.05, 3.63) is 89.2 Å². The molecular formula is C25H20ClFN2O4. The topological polar surface area (TPSA) is 76.7 Å². The van der Waals surface area contributed by atoms with Crippen LogP contribution < -0.4 is 14.9 Å². The van der Waals surface area contributed by atoms with E-state index in [4.69, 9.17) is 16.5 Å². The van der Waals surface area contributed by atoms with Crippen LogP contribution in [0.25, 0.3) is 11.6 Å². The van der Waals surface area contributed by atoms with E-state index in [1.165, 1.54) is 19.2 Å². The number of nitrogens with one attached hydrogen (secondary N) is 2. The Balaban J connectivity index is 1.47. The Morgan fingerprint density at radius 1 is 1.15 bits per heavy atom. The average Bonchev–Trinajstić information content (AvgIpc) is 3.14. The van der Waals surface area contributed by atoms with Crippen molar-refractivity contribution in [2.45, 2.75) is 12.5 Å². The molecule has 6 nitrogen and oxygen atoms in total. The average molecular weight is 467 g/mol. The third-order valence-electron chi connectivity index (χ3n) is 5.19. The fourth-order valence-electron chi connectivity index (χ4n) is 3.50. The molecule has 0 bridgehead atoms. The molecule has 0 fully saturated rings. The normalized spacial score (nSPS) is 14.5. The maximum Gasteiger partial charge on any atom is 0.324 e. The lowest BCUT2D eigenvalue weighted by Crippen LogP contribution is -2.33. The monoisotopic (exact) mass is 466 g/mol. The number of hydrogen-bond acceptors (Lipinski definition) is 5. The molecule has 1 amide bonds. The number of carbonyl (C=O) groups excluding carboxylic acids is 2. The number of benzene rings is 3. The number of para-hydroxylation sites is 1. The van der Waals surface area contributed by atoms with Crippen LogP contribution >= 0.6 is 11.8 Å². The predicted molar refractivity (Wildman–Crippen MR) is 124 cm³/mol. The van der Waals surface area contributed by atoms with Crippen LogP contribution in [0.4, 0.5) is 10.1 Å². The van der Waals surface area contributed by atoms with Crippen LogP contribution in [0, 0.1) is 5.82 Å². The summed E-state index contributed by atoms with van der Waals surface area (Å²) in [7, 11) is 1.29. The summed E-state index contributed by atoms with van der Waals surface area (Å²) in [5, 5.41) is 2.79. The zero-order chi connectivity index (χ0) is 23.4. The molecule has 1 aliphatic rings. The summed E-state index contributed by atoms with van der Waals surface area (Å²) in [5.74, 6) is -0.772. The zero-order valence-corrected chi connectivity index (χ0v) is 18.4. The number of carbonyl (C=O) groups is 2. The van der Waals surface area contributed by atoms with Gasteiger partial charge >= 0.3 is 5.97 Å². The summed E-state index contributed by atoms with van der Waals surface area (Å²) in [6.07, 6.45) is 1.97. The van der Waals surface area contributed by atoms with Gasteiger partial charge in [0.15, 0.2) is 11.6 Å². The van der Waals surface area contributed by atoms with Gasteiger partial charge in [-0.3, -0.25) is 9.59 Å². The van der Waals surface area contributed by atoms with Gasteiger partial charge in [0.25, 0.3) is 5.91 Å². The van der Waals surface area contributed by atoms with Crippen molar-refractivity contribution in [2.75, 3.05) is 12.4 Å². The molecule has 0 spiro atoms. The van der Waals surface area contributed by atoms with Crippen molar-refractivity contribution in [2.24, 2.45) is 0 Å². The van der Waals surface area contributed by atoms with Gasteiger partial charge in [-0.25, -0.2) is 9.23 Å². The van der Waals surface area contributed by atoms with Gasteiger partial charge in [0.05, 0.1) is 7.11 Å². The van der Waals surface area contributed by atoms with Crippen LogP contribution in [-0.2, 0) is 20.7 Å². The second-order valence-corrected chi connectivity index (χ2v) is 7.60. The van der Waals surface area contributed by atoms with Gasteiger partial charge in [0.1, 0.15) is 11.8 Å². The largest absolute Gasteiger partial charge is 0.468 e. The highest BCUT2D eigenvalue weighted by Crippen LogP contribution is 2.33. The van der Waals surface area contributed by atoms with Crippen molar-refractivity contribution >= 4 is 41.0 Å². The molecule has 168 valence electrons. The Morgan fingerprint density at radius 2 is 1.91 bits per heavy atom. The molecule has 0 aliphatic carbocycles. The van der Waals surface area contributed by atoms with Crippen LogP contribution in [0.3, 0.4) is 0 Å². The first-order valence-corrected chi connectivity index (χ1v) is 10.5. The van der Waals surface area contributed by atoms with Crippen LogP contribution in [0.1, 0.15) is 16.7 Å². The summed E-state index contributed by atoms with van der Waals surface area (Å²) in [6, 6.07) is 18.0. The molecule has 0 radical (unpaired) electrons. The highest BCUT2D eigenvalue weighted by molar-refractivity contribution is 6.34. The third kappa shape index (κ3) is 5.05. The third-order valence-corrected chi connectivity index (χ3v) is 5.45. The minimum Gasteiger partial charge on any atom is -0.468 e. The van der Waals surface area contributed by atoms with Gasteiger partial charge in [0, 0.05) is 16.8 Å². The minimum absolute atomic E-state index is 0.0519. The molecule has 8 heteroatoms. The summed E-state index contributed by atoms with van der Waals surface area (Å²) in [4.78, 5) is 26.3. The molecular weight excluding hydrogens is 447 g/mol. The molecule has 0 saturated heterocycles. The highest BCUT2D eigenvalue weighted by atomic mass is 35.5. The van der Waals surface area contributed by atoms with E-state index < -0.39 is 17.8 Å². The van der Waals surface area contributed by atoms with Crippen molar-refractivity contribution in [1.82, 2.24) is 4.84 Å². The molecule has 33 heavy (non-hydrogen) atoms. The van der Waals surface area contributed by atoms with E-state index in [2.05, 4.69) is 14.9 Å². The molecule has 1 aliphatic heterocycles. The number of ether oxygens (including phenoxy) is 2. The number of rotatable bonds is 7. The van der Waals surface area contributed by atoms with E-state index in [1.54, 1.807) is 36.4 Å². The molecule has 0 aromatic heterocycles. The van der Waals surface area contributed by atoms with E-state index in [-0.39, 0.29) is 11.7 Å². The smallest absolute Gasteiger partial charge is 0.324 e. The summed E-state index contributed by atoms with van der Waals surface area (Å²) in [5.41, 5.74) is 3.35. The van der Waals surface area contributed by atoms with Gasteiger partial charge in [-0.15, -0.1) is 0 Å². The number of halogens is 2. The van der Waals surface area contributed by atoms with E-state index in [0.717, 1.165) is 16.8 Å². The molecule has 1 heterocycles. The van der Waals surface area contributed by atoms with E-state index in [9.17, 15) is 14.0 Å². The van der Waals surface area contributed by atoms with Gasteiger partial charge in [-0.1, -0.05) is 36.4 Å². The number of fused-ring (bicyclic) bond motifs is 1. The zero-order valence-electron chi connectivity index (χ0n) is 17.6.